The van der Waals surface area contributed by atoms with E-state index in [1.165, 1.54) is 0 Å². The van der Waals surface area contributed by atoms with E-state index in [4.69, 9.17) is 10.5 Å². The minimum absolute atomic E-state index is 0.0574. The number of nitrogens with two attached hydrogens (primary N) is 1. The van der Waals surface area contributed by atoms with Crippen LogP contribution in [0.15, 0.2) is 0 Å². The molecule has 3 N–H and O–H groups in total. The van der Waals surface area contributed by atoms with Gasteiger partial charge in [0.1, 0.15) is 6.61 Å². The fourth-order valence-electron chi connectivity index (χ4n) is 1.39. The van der Waals surface area contributed by atoms with E-state index in [-0.39, 0.29) is 30.2 Å². The number of hydrogen-bond donors (Lipinski definition) is 2. The molecule has 0 radical (unpaired) electrons. The number of hydrogen-bond acceptors (Lipinski definition) is 3. The molecule has 0 aromatic heterocycles. The first kappa shape index (κ1) is 11.5. The summed E-state index contributed by atoms with van der Waals surface area (Å²) in [5.41, 5.74) is 5.41. The van der Waals surface area contributed by atoms with Crippen LogP contribution in [0.3, 0.4) is 0 Å². The smallest absolute Gasteiger partial charge is 0.246 e. The van der Waals surface area contributed by atoms with Crippen molar-refractivity contribution >= 4 is 5.91 Å². The number of ether oxygens (including phenoxy) is 1. The van der Waals surface area contributed by atoms with Crippen LogP contribution in [0, 0.1) is 0 Å². The zero-order chi connectivity index (χ0) is 10.8. The molecule has 1 aliphatic rings. The third-order valence-corrected chi connectivity index (χ3v) is 2.10. The van der Waals surface area contributed by atoms with Gasteiger partial charge in [0.25, 0.3) is 0 Å². The van der Waals surface area contributed by atoms with Gasteiger partial charge in [0.05, 0.1) is 6.10 Å². The van der Waals surface area contributed by atoms with Crippen molar-refractivity contribution in [2.45, 2.75) is 51.3 Å². The number of rotatable bonds is 3. The van der Waals surface area contributed by atoms with Gasteiger partial charge in [0, 0.05) is 11.6 Å². The lowest BCUT2D eigenvalue weighted by molar-refractivity contribution is -0.131. The van der Waals surface area contributed by atoms with Gasteiger partial charge in [-0.25, -0.2) is 0 Å². The number of nitrogens with one attached hydrogen (secondary N) is 1. The molecule has 82 valence electrons. The Balaban J connectivity index is 2.10. The molecule has 1 aliphatic carbocycles. The van der Waals surface area contributed by atoms with Gasteiger partial charge in [-0.2, -0.15) is 0 Å². The van der Waals surface area contributed by atoms with Crippen molar-refractivity contribution in [3.63, 3.8) is 0 Å². The van der Waals surface area contributed by atoms with E-state index in [2.05, 4.69) is 5.32 Å². The van der Waals surface area contributed by atoms with Gasteiger partial charge in [0.2, 0.25) is 5.91 Å². The minimum Gasteiger partial charge on any atom is -0.368 e. The highest BCUT2D eigenvalue weighted by molar-refractivity contribution is 5.77. The molecule has 14 heavy (non-hydrogen) atoms. The zero-order valence-corrected chi connectivity index (χ0v) is 9.17. The van der Waals surface area contributed by atoms with Crippen LogP contribution in [0.4, 0.5) is 0 Å². The van der Waals surface area contributed by atoms with Gasteiger partial charge in [-0.3, -0.25) is 4.79 Å². The van der Waals surface area contributed by atoms with Crippen LogP contribution < -0.4 is 11.1 Å². The molecule has 0 unspecified atom stereocenters. The summed E-state index contributed by atoms with van der Waals surface area (Å²) in [6.45, 7) is 5.99. The van der Waals surface area contributed by atoms with E-state index in [0.29, 0.717) is 0 Å². The Labute approximate surface area is 85.2 Å². The van der Waals surface area contributed by atoms with Crippen LogP contribution in [-0.4, -0.2) is 30.2 Å². The molecular formula is C10H20N2O2. The summed E-state index contributed by atoms with van der Waals surface area (Å²) < 4.78 is 5.36. The van der Waals surface area contributed by atoms with Crippen LogP contribution in [0.2, 0.25) is 0 Å². The predicted octanol–water partition coefficient (Wildman–Crippen LogP) is 0.407. The van der Waals surface area contributed by atoms with E-state index in [0.717, 1.165) is 12.8 Å². The zero-order valence-electron chi connectivity index (χ0n) is 9.17. The highest BCUT2D eigenvalue weighted by Crippen LogP contribution is 2.20. The van der Waals surface area contributed by atoms with Crippen molar-refractivity contribution in [3.05, 3.63) is 0 Å². The lowest BCUT2D eigenvalue weighted by Crippen LogP contribution is -2.46. The van der Waals surface area contributed by atoms with E-state index < -0.39 is 0 Å². The monoisotopic (exact) mass is 200 g/mol. The molecule has 0 bridgehead atoms. The second-order valence-electron chi connectivity index (χ2n) is 4.96. The molecule has 1 rings (SSSR count). The fraction of sp³-hybridized carbons (Fsp3) is 0.900. The minimum atomic E-state index is -0.184. The van der Waals surface area contributed by atoms with Crippen molar-refractivity contribution in [2.24, 2.45) is 5.73 Å². The number of carbonyl (C=O) groups excluding carboxylic acids is 1. The highest BCUT2D eigenvalue weighted by atomic mass is 16.5. The average molecular weight is 200 g/mol. The third-order valence-electron chi connectivity index (χ3n) is 2.10. The molecule has 0 aliphatic heterocycles. The van der Waals surface area contributed by atoms with E-state index in [9.17, 15) is 4.79 Å². The SMILES string of the molecule is CC(C)(C)NC(=O)COC1CC(N)C1. The van der Waals surface area contributed by atoms with Crippen LogP contribution >= 0.6 is 0 Å². The molecule has 0 heterocycles. The van der Waals surface area contributed by atoms with Crippen LogP contribution in [0.5, 0.6) is 0 Å². The summed E-state index contributed by atoms with van der Waals surface area (Å²) in [6, 6.07) is 0.269. The van der Waals surface area contributed by atoms with E-state index in [1.54, 1.807) is 0 Å². The molecule has 1 amide bonds. The van der Waals surface area contributed by atoms with Crippen LogP contribution in [-0.2, 0) is 9.53 Å². The highest BCUT2D eigenvalue weighted by Gasteiger charge is 2.27. The Kier molecular flexibility index (Phi) is 3.50. The van der Waals surface area contributed by atoms with Gasteiger partial charge >= 0.3 is 0 Å². The third kappa shape index (κ3) is 4.07. The number of amides is 1. The van der Waals surface area contributed by atoms with Gasteiger partial charge in [-0.1, -0.05) is 0 Å². The molecule has 1 fully saturated rings. The molecule has 0 aromatic rings. The molecular weight excluding hydrogens is 180 g/mol. The first-order valence-corrected chi connectivity index (χ1v) is 5.05. The maximum Gasteiger partial charge on any atom is 0.246 e. The van der Waals surface area contributed by atoms with Crippen molar-refractivity contribution in [2.75, 3.05) is 6.61 Å². The van der Waals surface area contributed by atoms with Gasteiger partial charge in [0.15, 0.2) is 0 Å². The summed E-state index contributed by atoms with van der Waals surface area (Å²) >= 11 is 0. The summed E-state index contributed by atoms with van der Waals surface area (Å²) in [7, 11) is 0. The topological polar surface area (TPSA) is 64.3 Å². The summed E-state index contributed by atoms with van der Waals surface area (Å²) in [5.74, 6) is -0.0574. The Bertz CT molecular complexity index is 205. The second-order valence-corrected chi connectivity index (χ2v) is 4.96. The van der Waals surface area contributed by atoms with Gasteiger partial charge in [-0.05, 0) is 33.6 Å². The molecule has 0 atom stereocenters. The summed E-state index contributed by atoms with van der Waals surface area (Å²) in [5, 5.41) is 2.84. The van der Waals surface area contributed by atoms with Gasteiger partial charge in [-0.15, -0.1) is 0 Å². The summed E-state index contributed by atoms with van der Waals surface area (Å²) in [4.78, 5) is 11.3. The first-order chi connectivity index (χ1) is 6.37. The quantitative estimate of drug-likeness (QED) is 0.693. The standard InChI is InChI=1S/C10H20N2O2/c1-10(2,3)12-9(13)6-14-8-4-7(11)5-8/h7-8H,4-6,11H2,1-3H3,(H,12,13). The van der Waals surface area contributed by atoms with Gasteiger partial charge < -0.3 is 15.8 Å². The molecule has 1 saturated carbocycles. The molecule has 0 spiro atoms. The lowest BCUT2D eigenvalue weighted by Gasteiger charge is -2.32. The van der Waals surface area contributed by atoms with Crippen LogP contribution in [0.1, 0.15) is 33.6 Å². The predicted molar refractivity (Wildman–Crippen MR) is 54.8 cm³/mol. The maximum absolute atomic E-state index is 11.3. The van der Waals surface area contributed by atoms with Crippen molar-refractivity contribution in [3.8, 4) is 0 Å². The largest absolute Gasteiger partial charge is 0.368 e. The van der Waals surface area contributed by atoms with Crippen molar-refractivity contribution < 1.29 is 9.53 Å². The molecule has 4 nitrogen and oxygen atoms in total. The Morgan fingerprint density at radius 2 is 2.07 bits per heavy atom. The fourth-order valence-corrected chi connectivity index (χ4v) is 1.39. The second kappa shape index (κ2) is 4.28. The van der Waals surface area contributed by atoms with E-state index in [1.807, 2.05) is 20.8 Å². The average Bonchev–Trinajstić information content (AvgIpc) is 1.92. The van der Waals surface area contributed by atoms with Crippen LogP contribution in [0.25, 0.3) is 0 Å². The van der Waals surface area contributed by atoms with Crippen molar-refractivity contribution in [1.29, 1.82) is 0 Å². The normalized spacial score (nSPS) is 26.9. The Morgan fingerprint density at radius 3 is 2.50 bits per heavy atom. The molecule has 4 heteroatoms. The summed E-state index contributed by atoms with van der Waals surface area (Å²) in [6.07, 6.45) is 1.95. The Hall–Kier alpha value is -0.610. The molecule has 0 aromatic carbocycles. The van der Waals surface area contributed by atoms with E-state index >= 15 is 0 Å². The van der Waals surface area contributed by atoms with Crippen molar-refractivity contribution in [1.82, 2.24) is 5.32 Å². The molecule has 0 saturated heterocycles. The number of carbonyl (C=O) groups is 1. The maximum atomic E-state index is 11.3. The first-order valence-electron chi connectivity index (χ1n) is 5.05. The lowest BCUT2D eigenvalue weighted by atomic mass is 9.90. The Morgan fingerprint density at radius 1 is 1.50 bits per heavy atom.